The van der Waals surface area contributed by atoms with Gasteiger partial charge in [-0.1, -0.05) is 28.9 Å². The molecule has 0 aliphatic heterocycles. The fourth-order valence-electron chi connectivity index (χ4n) is 1.67. The number of nitrogens with one attached hydrogen (secondary N) is 2. The first-order valence-electron chi connectivity index (χ1n) is 6.20. The predicted molar refractivity (Wildman–Crippen MR) is 94.3 cm³/mol. The highest BCUT2D eigenvalue weighted by Gasteiger charge is 2.08. The van der Waals surface area contributed by atoms with Crippen LogP contribution in [0.4, 0.5) is 0 Å². The van der Waals surface area contributed by atoms with E-state index in [2.05, 4.69) is 25.8 Å². The lowest BCUT2D eigenvalue weighted by atomic mass is 10.2. The van der Waals surface area contributed by atoms with Gasteiger partial charge in [-0.15, -0.1) is 24.0 Å². The number of halogens is 2. The molecule has 2 N–H and O–H groups in total. The minimum atomic E-state index is 0. The van der Waals surface area contributed by atoms with E-state index in [0.717, 1.165) is 11.5 Å². The van der Waals surface area contributed by atoms with E-state index in [-0.39, 0.29) is 24.0 Å². The SMILES string of the molecule is CN=C(NC)NCCc1nc(-c2cccc(Cl)c2)no1.I. The van der Waals surface area contributed by atoms with Gasteiger partial charge in [-0.25, -0.2) is 0 Å². The number of guanidine groups is 1. The van der Waals surface area contributed by atoms with Crippen LogP contribution in [-0.4, -0.2) is 36.7 Å². The molecule has 0 saturated carbocycles. The predicted octanol–water partition coefficient (Wildman–Crippen LogP) is 2.35. The Balaban J connectivity index is 0.00000220. The van der Waals surface area contributed by atoms with Crippen molar-refractivity contribution in [1.29, 1.82) is 0 Å². The number of nitrogens with zero attached hydrogens (tertiary/aromatic N) is 3. The maximum atomic E-state index is 5.94. The van der Waals surface area contributed by atoms with Crippen molar-refractivity contribution >= 4 is 41.5 Å². The van der Waals surface area contributed by atoms with Gasteiger partial charge in [-0.3, -0.25) is 4.99 Å². The van der Waals surface area contributed by atoms with Crippen LogP contribution in [0.3, 0.4) is 0 Å². The molecule has 1 heterocycles. The molecule has 0 radical (unpaired) electrons. The van der Waals surface area contributed by atoms with Crippen LogP contribution in [0.5, 0.6) is 0 Å². The molecule has 0 saturated heterocycles. The van der Waals surface area contributed by atoms with Gasteiger partial charge in [0.1, 0.15) is 0 Å². The molecule has 0 aliphatic rings. The van der Waals surface area contributed by atoms with Crippen LogP contribution >= 0.6 is 35.6 Å². The molecular formula is C13H17ClIN5O. The highest BCUT2D eigenvalue weighted by Crippen LogP contribution is 2.19. The van der Waals surface area contributed by atoms with E-state index in [9.17, 15) is 0 Å². The van der Waals surface area contributed by atoms with E-state index < -0.39 is 0 Å². The van der Waals surface area contributed by atoms with E-state index in [1.54, 1.807) is 26.2 Å². The highest BCUT2D eigenvalue weighted by molar-refractivity contribution is 14.0. The average Bonchev–Trinajstić information content (AvgIpc) is 2.92. The zero-order chi connectivity index (χ0) is 14.4. The Bertz CT molecular complexity index is 602. The Morgan fingerprint density at radius 3 is 2.90 bits per heavy atom. The topological polar surface area (TPSA) is 75.3 Å². The van der Waals surface area contributed by atoms with Gasteiger partial charge in [-0.2, -0.15) is 4.98 Å². The maximum Gasteiger partial charge on any atom is 0.228 e. The van der Waals surface area contributed by atoms with Crippen molar-refractivity contribution in [2.45, 2.75) is 6.42 Å². The normalized spacial score (nSPS) is 10.9. The van der Waals surface area contributed by atoms with Gasteiger partial charge < -0.3 is 15.2 Å². The van der Waals surface area contributed by atoms with Crippen molar-refractivity contribution in [3.63, 3.8) is 0 Å². The van der Waals surface area contributed by atoms with Gasteiger partial charge in [0.25, 0.3) is 0 Å². The van der Waals surface area contributed by atoms with Crippen LogP contribution in [0.2, 0.25) is 5.02 Å². The molecule has 6 nitrogen and oxygen atoms in total. The molecule has 1 aromatic carbocycles. The molecule has 21 heavy (non-hydrogen) atoms. The molecule has 2 aromatic rings. The first-order chi connectivity index (χ1) is 9.72. The summed E-state index contributed by atoms with van der Waals surface area (Å²) < 4.78 is 5.20. The van der Waals surface area contributed by atoms with Crippen molar-refractivity contribution < 1.29 is 4.52 Å². The second kappa shape index (κ2) is 8.83. The van der Waals surface area contributed by atoms with Crippen LogP contribution in [0, 0.1) is 0 Å². The summed E-state index contributed by atoms with van der Waals surface area (Å²) in [7, 11) is 3.52. The number of aliphatic imine (C=N–C) groups is 1. The smallest absolute Gasteiger partial charge is 0.228 e. The highest BCUT2D eigenvalue weighted by atomic mass is 127. The van der Waals surface area contributed by atoms with Crippen molar-refractivity contribution in [3.8, 4) is 11.4 Å². The fraction of sp³-hybridized carbons (Fsp3) is 0.308. The molecule has 0 bridgehead atoms. The van der Waals surface area contributed by atoms with Crippen molar-refractivity contribution in [3.05, 3.63) is 35.2 Å². The third kappa shape index (κ3) is 5.16. The van der Waals surface area contributed by atoms with Gasteiger partial charge in [0.05, 0.1) is 0 Å². The zero-order valence-electron chi connectivity index (χ0n) is 11.8. The summed E-state index contributed by atoms with van der Waals surface area (Å²) in [5.41, 5.74) is 0.839. The lowest BCUT2D eigenvalue weighted by Gasteiger charge is -2.05. The minimum Gasteiger partial charge on any atom is -0.359 e. The summed E-state index contributed by atoms with van der Waals surface area (Å²) in [4.78, 5) is 8.35. The van der Waals surface area contributed by atoms with E-state index in [1.807, 2.05) is 12.1 Å². The van der Waals surface area contributed by atoms with Gasteiger partial charge in [0, 0.05) is 37.6 Å². The van der Waals surface area contributed by atoms with Crippen molar-refractivity contribution in [2.75, 3.05) is 20.6 Å². The summed E-state index contributed by atoms with van der Waals surface area (Å²) in [6.07, 6.45) is 0.619. The van der Waals surface area contributed by atoms with Crippen LogP contribution in [0.15, 0.2) is 33.8 Å². The molecule has 114 valence electrons. The number of hydrogen-bond acceptors (Lipinski definition) is 4. The van der Waals surface area contributed by atoms with E-state index >= 15 is 0 Å². The first kappa shape index (κ1) is 17.7. The molecule has 2 rings (SSSR count). The molecule has 0 atom stereocenters. The Morgan fingerprint density at radius 2 is 2.24 bits per heavy atom. The molecule has 1 aromatic heterocycles. The first-order valence-corrected chi connectivity index (χ1v) is 6.57. The second-order valence-corrected chi connectivity index (χ2v) is 4.46. The van der Waals surface area contributed by atoms with E-state index in [1.165, 1.54) is 0 Å². The zero-order valence-corrected chi connectivity index (χ0v) is 14.8. The van der Waals surface area contributed by atoms with Crippen LogP contribution in [0.25, 0.3) is 11.4 Å². The third-order valence-electron chi connectivity index (χ3n) is 2.64. The van der Waals surface area contributed by atoms with E-state index in [4.69, 9.17) is 16.1 Å². The lowest BCUT2D eigenvalue weighted by molar-refractivity contribution is 0.378. The second-order valence-electron chi connectivity index (χ2n) is 4.02. The summed E-state index contributed by atoms with van der Waals surface area (Å²) in [5, 5.41) is 10.6. The van der Waals surface area contributed by atoms with Gasteiger partial charge in [0.2, 0.25) is 11.7 Å². The maximum absolute atomic E-state index is 5.94. The number of rotatable bonds is 4. The molecule has 0 amide bonds. The number of aromatic nitrogens is 2. The standard InChI is InChI=1S/C13H16ClN5O.HI/c1-15-13(16-2)17-7-6-11-18-12(19-20-11)9-4-3-5-10(14)8-9;/h3-5,8H,6-7H2,1-2H3,(H2,15,16,17);1H. The quantitative estimate of drug-likeness (QED) is 0.450. The van der Waals surface area contributed by atoms with Crippen molar-refractivity contribution in [2.24, 2.45) is 4.99 Å². The minimum absolute atomic E-state index is 0. The van der Waals surface area contributed by atoms with Crippen LogP contribution in [0.1, 0.15) is 5.89 Å². The summed E-state index contributed by atoms with van der Waals surface area (Å²) in [6.45, 7) is 0.657. The Hall–Kier alpha value is -1.35. The molecule has 0 fully saturated rings. The van der Waals surface area contributed by atoms with E-state index in [0.29, 0.717) is 29.7 Å². The lowest BCUT2D eigenvalue weighted by Crippen LogP contribution is -2.35. The Kier molecular flexibility index (Phi) is 7.44. The number of hydrogen-bond donors (Lipinski definition) is 2. The van der Waals surface area contributed by atoms with Gasteiger partial charge >= 0.3 is 0 Å². The molecule has 0 aliphatic carbocycles. The van der Waals surface area contributed by atoms with Crippen LogP contribution in [-0.2, 0) is 6.42 Å². The monoisotopic (exact) mass is 421 g/mol. The Labute approximate surface area is 145 Å². The van der Waals surface area contributed by atoms with Crippen molar-refractivity contribution in [1.82, 2.24) is 20.8 Å². The fourth-order valence-corrected chi connectivity index (χ4v) is 1.86. The van der Waals surface area contributed by atoms with Gasteiger partial charge in [0.15, 0.2) is 5.96 Å². The molecular weight excluding hydrogens is 405 g/mol. The Morgan fingerprint density at radius 1 is 1.43 bits per heavy atom. The summed E-state index contributed by atoms with van der Waals surface area (Å²) >= 11 is 5.94. The average molecular weight is 422 g/mol. The number of benzene rings is 1. The molecule has 8 heteroatoms. The van der Waals surface area contributed by atoms with Crippen LogP contribution < -0.4 is 10.6 Å². The third-order valence-corrected chi connectivity index (χ3v) is 2.88. The summed E-state index contributed by atoms with van der Waals surface area (Å²) in [5.74, 6) is 1.83. The summed E-state index contributed by atoms with van der Waals surface area (Å²) in [6, 6.07) is 7.35. The largest absolute Gasteiger partial charge is 0.359 e. The molecule has 0 unspecified atom stereocenters. The molecule has 0 spiro atoms. The van der Waals surface area contributed by atoms with Gasteiger partial charge in [-0.05, 0) is 12.1 Å².